The summed E-state index contributed by atoms with van der Waals surface area (Å²) in [5.74, 6) is -0.123. The van der Waals surface area contributed by atoms with Crippen molar-refractivity contribution in [2.75, 3.05) is 10.2 Å². The largest absolute Gasteiger partial charge is 0.348 e. The summed E-state index contributed by atoms with van der Waals surface area (Å²) in [5, 5.41) is 4.15. The minimum atomic E-state index is -0.884. The number of rotatable bonds is 3. The molecular formula is C21H19N3O2S. The summed E-state index contributed by atoms with van der Waals surface area (Å²) in [6, 6.07) is 15.7. The van der Waals surface area contributed by atoms with E-state index in [-0.39, 0.29) is 11.8 Å². The maximum absolute atomic E-state index is 13.3. The first kappa shape index (κ1) is 16.4. The van der Waals surface area contributed by atoms with Crippen LogP contribution >= 0.6 is 11.8 Å². The lowest BCUT2D eigenvalue weighted by Crippen LogP contribution is -2.49. The van der Waals surface area contributed by atoms with Gasteiger partial charge in [0.2, 0.25) is 5.91 Å². The monoisotopic (exact) mass is 377 g/mol. The Morgan fingerprint density at radius 3 is 2.93 bits per heavy atom. The van der Waals surface area contributed by atoms with Crippen LogP contribution in [-0.2, 0) is 16.1 Å². The average molecular weight is 377 g/mol. The van der Waals surface area contributed by atoms with Crippen LogP contribution in [0.3, 0.4) is 0 Å². The van der Waals surface area contributed by atoms with E-state index >= 15 is 0 Å². The molecule has 136 valence electrons. The lowest BCUT2D eigenvalue weighted by molar-refractivity contribution is -0.121. The van der Waals surface area contributed by atoms with E-state index in [9.17, 15) is 9.59 Å². The Morgan fingerprint density at radius 2 is 2.07 bits per heavy atom. The number of nitrogens with one attached hydrogen (secondary N) is 1. The summed E-state index contributed by atoms with van der Waals surface area (Å²) in [7, 11) is 0. The number of benzene rings is 2. The highest BCUT2D eigenvalue weighted by molar-refractivity contribution is 8.02. The fraction of sp³-hybridized carbons (Fsp3) is 0.238. The van der Waals surface area contributed by atoms with Crippen LogP contribution in [0.25, 0.3) is 10.9 Å². The molecule has 2 aliphatic heterocycles. The number of amides is 2. The maximum atomic E-state index is 13.3. The number of hydrogen-bond acceptors (Lipinski definition) is 3. The van der Waals surface area contributed by atoms with Gasteiger partial charge in [-0.3, -0.25) is 14.5 Å². The van der Waals surface area contributed by atoms with Crippen molar-refractivity contribution < 1.29 is 9.59 Å². The second-order valence-corrected chi connectivity index (χ2v) is 8.23. The molecule has 1 fully saturated rings. The van der Waals surface area contributed by atoms with Crippen molar-refractivity contribution in [1.82, 2.24) is 4.57 Å². The van der Waals surface area contributed by atoms with Gasteiger partial charge in [0.1, 0.15) is 0 Å². The van der Waals surface area contributed by atoms with Gasteiger partial charge in [0.05, 0.1) is 5.69 Å². The molecule has 27 heavy (non-hydrogen) atoms. The summed E-state index contributed by atoms with van der Waals surface area (Å²) in [5.41, 5.74) is 2.75. The van der Waals surface area contributed by atoms with Gasteiger partial charge in [0.15, 0.2) is 4.87 Å². The van der Waals surface area contributed by atoms with Crippen molar-refractivity contribution in [2.45, 2.75) is 36.1 Å². The molecule has 1 saturated heterocycles. The molecule has 2 aromatic carbocycles. The number of aromatic nitrogens is 1. The first-order valence-electron chi connectivity index (χ1n) is 9.14. The van der Waals surface area contributed by atoms with Gasteiger partial charge in [-0.25, -0.2) is 0 Å². The second kappa shape index (κ2) is 5.89. The van der Waals surface area contributed by atoms with E-state index < -0.39 is 4.87 Å². The molecule has 1 N–H and O–H groups in total. The predicted molar refractivity (Wildman–Crippen MR) is 108 cm³/mol. The van der Waals surface area contributed by atoms with Crippen molar-refractivity contribution in [3.8, 4) is 0 Å². The molecule has 2 aliphatic rings. The first-order chi connectivity index (χ1) is 13.1. The molecule has 3 heterocycles. The molecule has 6 heteroatoms. The van der Waals surface area contributed by atoms with E-state index in [0.717, 1.165) is 33.7 Å². The topological polar surface area (TPSA) is 54.3 Å². The summed E-state index contributed by atoms with van der Waals surface area (Å²) < 4.78 is 2.17. The van der Waals surface area contributed by atoms with Gasteiger partial charge >= 0.3 is 0 Å². The molecule has 1 atom stereocenters. The van der Waals surface area contributed by atoms with Crippen LogP contribution in [0.15, 0.2) is 59.6 Å². The molecule has 1 unspecified atom stereocenters. The zero-order chi connectivity index (χ0) is 18.6. The molecule has 2 amide bonds. The summed E-state index contributed by atoms with van der Waals surface area (Å²) in [6.07, 6.45) is 2.97. The standard InChI is InChI=1S/C21H19N3O2S/c1-2-23-12-10-14-13-15(7-8-16(14)23)22-20(26)21-11-9-19(25)24(21)17-5-3-4-6-18(17)27-21/h3-8,10,12-13H,2,9,11H2,1H3,(H,22,26). The quantitative estimate of drug-likeness (QED) is 0.743. The van der Waals surface area contributed by atoms with E-state index in [1.165, 1.54) is 11.8 Å². The molecule has 0 radical (unpaired) electrons. The fourth-order valence-corrected chi connectivity index (χ4v) is 5.49. The molecule has 3 aromatic rings. The van der Waals surface area contributed by atoms with E-state index in [2.05, 4.69) is 29.1 Å². The van der Waals surface area contributed by atoms with E-state index in [1.807, 2.05) is 42.5 Å². The lowest BCUT2D eigenvalue weighted by Gasteiger charge is -2.29. The van der Waals surface area contributed by atoms with Gasteiger partial charge < -0.3 is 9.88 Å². The predicted octanol–water partition coefficient (Wildman–Crippen LogP) is 4.23. The van der Waals surface area contributed by atoms with Crippen LogP contribution in [0.1, 0.15) is 19.8 Å². The molecule has 1 aromatic heterocycles. The molecular weight excluding hydrogens is 358 g/mol. The summed E-state index contributed by atoms with van der Waals surface area (Å²) in [4.78, 5) is 27.6. The number of carbonyl (C=O) groups excluding carboxylic acids is 2. The van der Waals surface area contributed by atoms with Crippen molar-refractivity contribution >= 4 is 45.9 Å². The Kier molecular flexibility index (Phi) is 3.59. The summed E-state index contributed by atoms with van der Waals surface area (Å²) in [6.45, 7) is 3.01. The molecule has 5 nitrogen and oxygen atoms in total. The average Bonchev–Trinajstić information content (AvgIpc) is 3.33. The zero-order valence-electron chi connectivity index (χ0n) is 14.9. The van der Waals surface area contributed by atoms with E-state index in [4.69, 9.17) is 0 Å². The van der Waals surface area contributed by atoms with Crippen LogP contribution in [-0.4, -0.2) is 21.3 Å². The third kappa shape index (κ3) is 2.33. The Morgan fingerprint density at radius 1 is 1.22 bits per heavy atom. The van der Waals surface area contributed by atoms with Crippen LogP contribution < -0.4 is 10.2 Å². The molecule has 0 spiro atoms. The van der Waals surface area contributed by atoms with Gasteiger partial charge in [-0.2, -0.15) is 0 Å². The van der Waals surface area contributed by atoms with Gasteiger partial charge in [0.25, 0.3) is 5.91 Å². The number of aryl methyl sites for hydroxylation is 1. The van der Waals surface area contributed by atoms with Crippen molar-refractivity contribution in [3.63, 3.8) is 0 Å². The van der Waals surface area contributed by atoms with Gasteiger partial charge in [-0.15, -0.1) is 0 Å². The molecule has 0 bridgehead atoms. The smallest absolute Gasteiger partial charge is 0.261 e. The third-order valence-corrected chi connectivity index (χ3v) is 6.87. The third-order valence-electron chi connectivity index (χ3n) is 5.40. The van der Waals surface area contributed by atoms with Crippen LogP contribution in [0.5, 0.6) is 0 Å². The number of para-hydroxylation sites is 1. The van der Waals surface area contributed by atoms with Crippen LogP contribution in [0.4, 0.5) is 11.4 Å². The molecule has 0 aliphatic carbocycles. The van der Waals surface area contributed by atoms with Gasteiger partial charge in [-0.05, 0) is 49.7 Å². The number of thioether (sulfide) groups is 1. The highest BCUT2D eigenvalue weighted by Crippen LogP contribution is 2.56. The number of nitrogens with zero attached hydrogens (tertiary/aromatic N) is 2. The number of hydrogen-bond donors (Lipinski definition) is 1. The second-order valence-electron chi connectivity index (χ2n) is 6.91. The number of anilines is 2. The Hall–Kier alpha value is -2.73. The summed E-state index contributed by atoms with van der Waals surface area (Å²) >= 11 is 1.49. The fourth-order valence-electron chi connectivity index (χ4n) is 4.08. The first-order valence-corrected chi connectivity index (χ1v) is 9.95. The zero-order valence-corrected chi connectivity index (χ0v) is 15.8. The highest BCUT2D eigenvalue weighted by atomic mass is 32.2. The molecule has 0 saturated carbocycles. The van der Waals surface area contributed by atoms with Crippen molar-refractivity contribution in [2.24, 2.45) is 0 Å². The number of fused-ring (bicyclic) bond motifs is 4. The van der Waals surface area contributed by atoms with Crippen LogP contribution in [0.2, 0.25) is 0 Å². The minimum Gasteiger partial charge on any atom is -0.348 e. The highest BCUT2D eigenvalue weighted by Gasteiger charge is 2.57. The van der Waals surface area contributed by atoms with E-state index in [1.54, 1.807) is 4.90 Å². The molecule has 5 rings (SSSR count). The van der Waals surface area contributed by atoms with Crippen LogP contribution in [0, 0.1) is 0 Å². The van der Waals surface area contributed by atoms with E-state index in [0.29, 0.717) is 12.8 Å². The van der Waals surface area contributed by atoms with Crippen molar-refractivity contribution in [1.29, 1.82) is 0 Å². The Bertz CT molecular complexity index is 1090. The normalized spacial score (nSPS) is 20.8. The maximum Gasteiger partial charge on any atom is 0.261 e. The Balaban J connectivity index is 1.48. The lowest BCUT2D eigenvalue weighted by atomic mass is 10.1. The van der Waals surface area contributed by atoms with Crippen molar-refractivity contribution in [3.05, 3.63) is 54.7 Å². The van der Waals surface area contributed by atoms with Gasteiger partial charge in [-0.1, -0.05) is 23.9 Å². The SMILES string of the molecule is CCn1ccc2cc(NC(=O)C34CCC(=O)N3c3ccccc3S4)ccc21. The Labute approximate surface area is 161 Å². The number of carbonyl (C=O) groups is 2. The minimum absolute atomic E-state index is 0.0121. The van der Waals surface area contributed by atoms with Gasteiger partial charge in [0, 0.05) is 40.6 Å².